The third kappa shape index (κ3) is 5.30. The molecule has 1 aliphatic heterocycles. The number of phenolic OH excluding ortho intramolecular Hbond substituents is 1. The van der Waals surface area contributed by atoms with E-state index in [1.807, 2.05) is 30.5 Å². The number of hydrogen-bond acceptors (Lipinski definition) is 5. The molecule has 5 nitrogen and oxygen atoms in total. The molecular weight excluding hydrogens is 736 g/mol. The Labute approximate surface area is 279 Å². The second-order valence-corrected chi connectivity index (χ2v) is 12.7. The number of aryl methyl sites for hydroxylation is 3. The molecule has 6 aromatic rings. The maximum absolute atomic E-state index is 10.6. The summed E-state index contributed by atoms with van der Waals surface area (Å²) in [7, 11) is 0. The molecule has 0 saturated heterocycles. The Balaban J connectivity index is 0.00000357. The summed E-state index contributed by atoms with van der Waals surface area (Å²) in [6, 6.07) is 34.7. The molecule has 4 aromatic carbocycles. The fourth-order valence-electron chi connectivity index (χ4n) is 6.36. The van der Waals surface area contributed by atoms with Crippen LogP contribution in [0.2, 0.25) is 0 Å². The van der Waals surface area contributed by atoms with Crippen molar-refractivity contribution in [1.29, 1.82) is 0 Å². The minimum absolute atomic E-state index is 0. The van der Waals surface area contributed by atoms with Gasteiger partial charge < -0.3 is 14.9 Å². The molecule has 0 atom stereocenters. The molecule has 0 aliphatic carbocycles. The van der Waals surface area contributed by atoms with Crippen molar-refractivity contribution < 1.29 is 26.2 Å². The molecule has 6 heteroatoms. The molecule has 0 fully saturated rings. The van der Waals surface area contributed by atoms with Crippen LogP contribution in [0.1, 0.15) is 43.0 Å². The van der Waals surface area contributed by atoms with Crippen LogP contribution in [0.5, 0.6) is 5.75 Å². The van der Waals surface area contributed by atoms with Crippen LogP contribution in [0.3, 0.4) is 0 Å². The molecule has 1 N–H and O–H groups in total. The zero-order valence-corrected chi connectivity index (χ0v) is 28.6. The maximum Gasteiger partial charge on any atom is 0.140 e. The number of fused-ring (bicyclic) bond motifs is 3. The maximum atomic E-state index is 10.6. The van der Waals surface area contributed by atoms with Gasteiger partial charge in [-0.3, -0.25) is 4.98 Å². The van der Waals surface area contributed by atoms with Gasteiger partial charge in [0.1, 0.15) is 17.1 Å². The SMILES string of the molecule is Cc1cc(C)c(N2c3ccc(-c4ccc5cccc(O)c5n4)[c-]c3N(c3cc(C(C)(C)C)ccn3)c3ccccc32)c(C)c1.[Pt]. The van der Waals surface area contributed by atoms with E-state index in [0.29, 0.717) is 5.52 Å². The smallest absolute Gasteiger partial charge is 0.140 e. The average molecular weight is 771 g/mol. The van der Waals surface area contributed by atoms with E-state index in [0.717, 1.165) is 50.9 Å². The van der Waals surface area contributed by atoms with Gasteiger partial charge in [0.2, 0.25) is 0 Å². The molecule has 0 amide bonds. The van der Waals surface area contributed by atoms with Crippen molar-refractivity contribution in [1.82, 2.24) is 9.97 Å². The molecule has 228 valence electrons. The quantitative estimate of drug-likeness (QED) is 0.181. The minimum atomic E-state index is -0.0411. The number of phenols is 1. The van der Waals surface area contributed by atoms with Crippen molar-refractivity contribution in [2.24, 2.45) is 0 Å². The molecule has 2 aromatic heterocycles. The predicted octanol–water partition coefficient (Wildman–Crippen LogP) is 10.3. The topological polar surface area (TPSA) is 52.5 Å². The van der Waals surface area contributed by atoms with Crippen molar-refractivity contribution in [3.63, 3.8) is 0 Å². The molecule has 45 heavy (non-hydrogen) atoms. The van der Waals surface area contributed by atoms with Crippen LogP contribution in [0.25, 0.3) is 22.2 Å². The number of aromatic nitrogens is 2. The summed E-state index contributed by atoms with van der Waals surface area (Å²) in [6.45, 7) is 13.2. The summed E-state index contributed by atoms with van der Waals surface area (Å²) in [5.41, 5.74) is 12.1. The van der Waals surface area contributed by atoms with Crippen LogP contribution >= 0.6 is 0 Å². The van der Waals surface area contributed by atoms with E-state index in [-0.39, 0.29) is 32.2 Å². The van der Waals surface area contributed by atoms with Gasteiger partial charge in [0.25, 0.3) is 0 Å². The predicted molar refractivity (Wildman–Crippen MR) is 181 cm³/mol. The van der Waals surface area contributed by atoms with Gasteiger partial charge in [0.15, 0.2) is 0 Å². The van der Waals surface area contributed by atoms with E-state index in [9.17, 15) is 5.11 Å². The second kappa shape index (κ2) is 11.5. The first-order valence-corrected chi connectivity index (χ1v) is 15.0. The Morgan fingerprint density at radius 3 is 2.16 bits per heavy atom. The zero-order valence-electron chi connectivity index (χ0n) is 26.3. The van der Waals surface area contributed by atoms with Crippen LogP contribution in [-0.2, 0) is 26.5 Å². The number of benzene rings is 4. The van der Waals surface area contributed by atoms with Gasteiger partial charge in [-0.25, -0.2) is 4.98 Å². The van der Waals surface area contributed by atoms with Gasteiger partial charge in [-0.05, 0) is 90.3 Å². The van der Waals surface area contributed by atoms with Crippen molar-refractivity contribution in [2.75, 3.05) is 9.80 Å². The first-order valence-electron chi connectivity index (χ1n) is 15.0. The van der Waals surface area contributed by atoms with Crippen LogP contribution in [0.15, 0.2) is 97.2 Å². The summed E-state index contributed by atoms with van der Waals surface area (Å²) in [5, 5.41) is 11.5. The van der Waals surface area contributed by atoms with E-state index in [2.05, 4.69) is 118 Å². The number of anilines is 6. The van der Waals surface area contributed by atoms with Crippen molar-refractivity contribution in [2.45, 2.75) is 47.0 Å². The molecular formula is C39H35N4OPt-. The average Bonchev–Trinajstić information content (AvgIpc) is 3.00. The third-order valence-corrected chi connectivity index (χ3v) is 8.41. The van der Waals surface area contributed by atoms with Crippen molar-refractivity contribution in [3.05, 3.63) is 126 Å². The first kappa shape index (κ1) is 30.6. The Kier molecular flexibility index (Phi) is 7.79. The fourth-order valence-corrected chi connectivity index (χ4v) is 6.36. The summed E-state index contributed by atoms with van der Waals surface area (Å²) in [5.74, 6) is 0.998. The molecule has 0 bridgehead atoms. The van der Waals surface area contributed by atoms with Crippen molar-refractivity contribution in [3.8, 4) is 17.0 Å². The largest absolute Gasteiger partial charge is 0.506 e. The standard InChI is InChI=1S/C39H35N4O.Pt/c1-24-20-25(2)38(26(3)21-24)43-32-12-8-7-11-31(32)42(36-23-29(18-19-40-36)39(4,5)6)34-22-28(15-17-33(34)43)30-16-14-27-10-9-13-35(44)37(27)41-30;/h7-21,23,44H,1-6H3;/q-1;. The minimum Gasteiger partial charge on any atom is -0.506 e. The normalized spacial score (nSPS) is 12.5. The molecule has 0 spiro atoms. The van der Waals surface area contributed by atoms with Crippen LogP contribution in [-0.4, -0.2) is 15.1 Å². The van der Waals surface area contributed by atoms with E-state index in [1.54, 1.807) is 6.07 Å². The number of pyridine rings is 2. The number of nitrogens with zero attached hydrogens (tertiary/aromatic N) is 4. The summed E-state index contributed by atoms with van der Waals surface area (Å²) in [4.78, 5) is 14.4. The Hall–Kier alpha value is -4.47. The van der Waals surface area contributed by atoms with Gasteiger partial charge >= 0.3 is 0 Å². The van der Waals surface area contributed by atoms with Gasteiger partial charge in [0, 0.05) is 38.3 Å². The Bertz CT molecular complexity index is 2060. The molecule has 7 rings (SSSR count). The van der Waals surface area contributed by atoms with Crippen LogP contribution in [0, 0.1) is 26.8 Å². The zero-order chi connectivity index (χ0) is 30.7. The first-order chi connectivity index (χ1) is 21.1. The number of hydrogen-bond donors (Lipinski definition) is 1. The molecule has 0 saturated carbocycles. The Morgan fingerprint density at radius 1 is 0.733 bits per heavy atom. The molecule has 1 aliphatic rings. The molecule has 3 heterocycles. The molecule has 0 unspecified atom stereocenters. The summed E-state index contributed by atoms with van der Waals surface area (Å²) >= 11 is 0. The van der Waals surface area contributed by atoms with E-state index >= 15 is 0 Å². The summed E-state index contributed by atoms with van der Waals surface area (Å²) < 4.78 is 0. The van der Waals surface area contributed by atoms with Gasteiger partial charge in [-0.1, -0.05) is 74.9 Å². The number of aromatic hydroxyl groups is 1. The van der Waals surface area contributed by atoms with Crippen LogP contribution in [0.4, 0.5) is 34.3 Å². The van der Waals surface area contributed by atoms with Crippen molar-refractivity contribution >= 4 is 45.2 Å². The van der Waals surface area contributed by atoms with E-state index in [4.69, 9.17) is 9.97 Å². The number of rotatable bonds is 3. The third-order valence-electron chi connectivity index (χ3n) is 8.41. The Morgan fingerprint density at radius 2 is 1.44 bits per heavy atom. The monoisotopic (exact) mass is 770 g/mol. The van der Waals surface area contributed by atoms with Gasteiger partial charge in [-0.15, -0.1) is 23.8 Å². The van der Waals surface area contributed by atoms with Gasteiger partial charge in [-0.2, -0.15) is 0 Å². The van der Waals surface area contributed by atoms with Crippen LogP contribution < -0.4 is 9.80 Å². The number of para-hydroxylation sites is 3. The summed E-state index contributed by atoms with van der Waals surface area (Å²) in [6.07, 6.45) is 1.90. The second-order valence-electron chi connectivity index (χ2n) is 12.7. The van der Waals surface area contributed by atoms with E-state index in [1.165, 1.54) is 22.3 Å². The van der Waals surface area contributed by atoms with E-state index < -0.39 is 0 Å². The molecule has 0 radical (unpaired) electrons. The fraction of sp³-hybridized carbons (Fsp3) is 0.179. The van der Waals surface area contributed by atoms with Gasteiger partial charge in [0.05, 0.1) is 11.4 Å².